The van der Waals surface area contributed by atoms with Gasteiger partial charge in [-0.05, 0) is 51.4 Å². The molecule has 26 heteroatoms. The van der Waals surface area contributed by atoms with Gasteiger partial charge in [-0.1, -0.05) is 77.6 Å². The predicted molar refractivity (Wildman–Crippen MR) is 237 cm³/mol. The lowest BCUT2D eigenvalue weighted by Gasteiger charge is -2.21. The van der Waals surface area contributed by atoms with Crippen molar-refractivity contribution in [2.75, 3.05) is 31.1 Å². The minimum absolute atomic E-state index is 0.0986. The van der Waals surface area contributed by atoms with Gasteiger partial charge in [-0.15, -0.1) is 0 Å². The van der Waals surface area contributed by atoms with Crippen molar-refractivity contribution in [3.8, 4) is 0 Å². The van der Waals surface area contributed by atoms with Crippen LogP contribution in [0.5, 0.6) is 0 Å². The maximum atomic E-state index is 13.0. The largest absolute Gasteiger partial charge is 0.480 e. The lowest BCUT2D eigenvalue weighted by atomic mass is 10.1. The van der Waals surface area contributed by atoms with E-state index in [0.29, 0.717) is 44.9 Å². The average molecular weight is 975 g/mol. The molecule has 2 aliphatic rings. The topological polar surface area (TPSA) is 324 Å². The van der Waals surface area contributed by atoms with Gasteiger partial charge in [0.05, 0.1) is 6.54 Å². The number of aliphatic carboxylic acids is 4. The number of unbranched alkanes of at least 4 members (excludes halogenated alkanes) is 2. The molecule has 10 N–H and O–H groups in total. The molecule has 61 heavy (non-hydrogen) atoms. The van der Waals surface area contributed by atoms with Gasteiger partial charge in [0.1, 0.15) is 36.3 Å². The number of amides is 5. The molecular formula is C35H54N6O14S6. The van der Waals surface area contributed by atoms with Gasteiger partial charge in [0.15, 0.2) is 5.37 Å². The van der Waals surface area contributed by atoms with E-state index in [1.807, 2.05) is 43.2 Å². The molecule has 6 atom stereocenters. The molecule has 0 aliphatic carbocycles. The van der Waals surface area contributed by atoms with Gasteiger partial charge in [0.2, 0.25) is 23.6 Å². The van der Waals surface area contributed by atoms with Crippen LogP contribution in [0.25, 0.3) is 0 Å². The second kappa shape index (κ2) is 30.9. The van der Waals surface area contributed by atoms with Crippen LogP contribution in [0.15, 0.2) is 0 Å². The third kappa shape index (κ3) is 25.0. The standard InChI is InChI=1S/C35H54N6O14S6/c42-20(9-10-23(34(52)53)39-25(43)7-3-1-5-21-13-15-56-58-21)17-38-32(30(50)36-18-28(46)47)60-61-33(31(51)37-19-29(48)49)41-27(45)12-11-24(35(54)55)40-26(44)8-4-2-6-22-14-16-57-59-22/h21-24,32-33,38H,1-19H2,(H,36,50)(H,37,51)(H,39,43)(H,40,44)(H,41,45)(H,46,47)(H,48,49)(H,52,53)(H,54,55)/t21?,22?,23?,24?,32?,33-/m0/s1. The first-order valence-electron chi connectivity index (χ1n) is 19.5. The third-order valence-electron chi connectivity index (χ3n) is 8.78. The number of hydrogen-bond acceptors (Lipinski definition) is 17. The molecule has 2 aliphatic heterocycles. The zero-order valence-corrected chi connectivity index (χ0v) is 38.1. The van der Waals surface area contributed by atoms with E-state index in [1.165, 1.54) is 0 Å². The molecule has 0 aromatic heterocycles. The highest BCUT2D eigenvalue weighted by Crippen LogP contribution is 2.40. The van der Waals surface area contributed by atoms with Crippen LogP contribution in [-0.4, -0.2) is 144 Å². The van der Waals surface area contributed by atoms with Gasteiger partial charge in [-0.2, -0.15) is 0 Å². The van der Waals surface area contributed by atoms with E-state index in [2.05, 4.69) is 31.9 Å². The molecule has 0 spiro atoms. The van der Waals surface area contributed by atoms with E-state index >= 15 is 0 Å². The highest BCUT2D eigenvalue weighted by atomic mass is 33.1. The summed E-state index contributed by atoms with van der Waals surface area (Å²) >= 11 is 0. The molecule has 20 nitrogen and oxygen atoms in total. The number of nitrogens with one attached hydrogen (secondary N) is 6. The van der Waals surface area contributed by atoms with Crippen molar-refractivity contribution in [3.05, 3.63) is 0 Å². The van der Waals surface area contributed by atoms with Gasteiger partial charge in [0, 0.05) is 47.7 Å². The Morgan fingerprint density at radius 3 is 1.43 bits per heavy atom. The van der Waals surface area contributed by atoms with Gasteiger partial charge in [0.25, 0.3) is 5.91 Å². The Morgan fingerprint density at radius 1 is 0.541 bits per heavy atom. The fourth-order valence-corrected chi connectivity index (χ4v) is 14.0. The van der Waals surface area contributed by atoms with Crippen LogP contribution >= 0.6 is 64.8 Å². The Labute approximate surface area is 376 Å². The molecule has 5 amide bonds. The first-order valence-corrected chi connectivity index (χ1v) is 26.5. The summed E-state index contributed by atoms with van der Waals surface area (Å²) in [4.78, 5) is 123. The SMILES string of the molecule is O=C(O)CNC(=O)C(NCC(=O)CCC(NC(=O)CCCCC1CCSS1)C(=O)O)SS[C@H](NC(=O)CCC(NC(=O)CCCCC1CCSS1)C(=O)O)C(=O)NCC(=O)O. The number of hydrogen-bond donors (Lipinski definition) is 10. The Balaban J connectivity index is 1.96. The van der Waals surface area contributed by atoms with E-state index in [0.717, 1.165) is 50.0 Å². The zero-order valence-electron chi connectivity index (χ0n) is 33.2. The molecule has 2 fully saturated rings. The van der Waals surface area contributed by atoms with Crippen LogP contribution in [0.4, 0.5) is 0 Å². The number of carboxylic acids is 4. The summed E-state index contributed by atoms with van der Waals surface area (Å²) in [6, 6.07) is -2.79. The Hall–Kier alpha value is -3.04. The van der Waals surface area contributed by atoms with Crippen molar-refractivity contribution < 1.29 is 68.4 Å². The lowest BCUT2D eigenvalue weighted by molar-refractivity contribution is -0.142. The summed E-state index contributed by atoms with van der Waals surface area (Å²) in [7, 11) is 8.38. The van der Waals surface area contributed by atoms with Crippen LogP contribution in [0.3, 0.4) is 0 Å². The second-order valence-electron chi connectivity index (χ2n) is 13.8. The number of rotatable bonds is 33. The van der Waals surface area contributed by atoms with E-state index in [-0.39, 0.29) is 32.1 Å². The molecule has 2 heterocycles. The molecule has 344 valence electrons. The molecule has 0 aromatic rings. The lowest BCUT2D eigenvalue weighted by Crippen LogP contribution is -2.48. The monoisotopic (exact) mass is 974 g/mol. The fraction of sp³-hybridized carbons (Fsp3) is 0.714. The number of carboxylic acid groups (broad SMARTS) is 4. The Kier molecular flexibility index (Phi) is 27.4. The van der Waals surface area contributed by atoms with Crippen LogP contribution in [-0.2, 0) is 47.9 Å². The summed E-state index contributed by atoms with van der Waals surface area (Å²) in [5.74, 6) is -7.77. The van der Waals surface area contributed by atoms with Crippen molar-refractivity contribution in [3.63, 3.8) is 0 Å². The van der Waals surface area contributed by atoms with E-state index in [4.69, 9.17) is 10.2 Å². The van der Waals surface area contributed by atoms with Crippen molar-refractivity contribution in [2.24, 2.45) is 0 Å². The molecule has 5 unspecified atom stereocenters. The maximum Gasteiger partial charge on any atom is 0.326 e. The highest BCUT2D eigenvalue weighted by molar-refractivity contribution is 8.78. The molecule has 0 aromatic carbocycles. The van der Waals surface area contributed by atoms with E-state index < -0.39 is 108 Å². The number of Topliss-reactive ketones (excluding diaryl/α,β-unsaturated/α-hetero) is 1. The zero-order chi connectivity index (χ0) is 45.2. The summed E-state index contributed by atoms with van der Waals surface area (Å²) in [6.45, 7) is -2.22. The van der Waals surface area contributed by atoms with Gasteiger partial charge >= 0.3 is 23.9 Å². The second-order valence-corrected chi connectivity index (χ2v) is 21.9. The van der Waals surface area contributed by atoms with Crippen LogP contribution in [0.1, 0.15) is 89.9 Å². The molecule has 0 saturated carbocycles. The van der Waals surface area contributed by atoms with Crippen LogP contribution in [0, 0.1) is 0 Å². The summed E-state index contributed by atoms with van der Waals surface area (Å²) in [6.07, 6.45) is 5.66. The molecule has 0 radical (unpaired) electrons. The van der Waals surface area contributed by atoms with E-state index in [1.54, 1.807) is 0 Å². The summed E-state index contributed by atoms with van der Waals surface area (Å²) in [5, 5.41) is 49.4. The first kappa shape index (κ1) is 54.1. The Morgan fingerprint density at radius 2 is 0.984 bits per heavy atom. The normalized spacial score (nSPS) is 17.8. The predicted octanol–water partition coefficient (Wildman–Crippen LogP) is 1.82. The highest BCUT2D eigenvalue weighted by Gasteiger charge is 2.29. The third-order valence-corrected chi connectivity index (χ3v) is 17.5. The minimum atomic E-state index is -1.60. The van der Waals surface area contributed by atoms with E-state index in [9.17, 15) is 58.2 Å². The van der Waals surface area contributed by atoms with Crippen molar-refractivity contribution in [1.29, 1.82) is 0 Å². The maximum absolute atomic E-state index is 13.0. The summed E-state index contributed by atoms with van der Waals surface area (Å²) in [5.41, 5.74) is 0. The number of carbonyl (C=O) groups is 10. The number of ketones is 1. The molecule has 2 rings (SSSR count). The average Bonchev–Trinajstić information content (AvgIpc) is 3.94. The smallest absolute Gasteiger partial charge is 0.326 e. The van der Waals surface area contributed by atoms with Gasteiger partial charge in [-0.3, -0.25) is 43.7 Å². The van der Waals surface area contributed by atoms with Crippen molar-refractivity contribution in [1.82, 2.24) is 31.9 Å². The molecule has 2 saturated heterocycles. The first-order chi connectivity index (χ1) is 29.0. The quantitative estimate of drug-likeness (QED) is 0.0255. The number of carbonyl (C=O) groups excluding carboxylic acids is 6. The molecular weight excluding hydrogens is 921 g/mol. The van der Waals surface area contributed by atoms with Gasteiger partial charge in [-0.25, -0.2) is 9.59 Å². The minimum Gasteiger partial charge on any atom is -0.480 e. The van der Waals surface area contributed by atoms with Crippen LogP contribution in [0.2, 0.25) is 0 Å². The van der Waals surface area contributed by atoms with Crippen molar-refractivity contribution >= 4 is 124 Å². The fourth-order valence-electron chi connectivity index (χ4n) is 5.51. The Bertz CT molecular complexity index is 1520. The van der Waals surface area contributed by atoms with Crippen molar-refractivity contribution in [2.45, 2.75) is 123 Å². The molecule has 0 bridgehead atoms. The van der Waals surface area contributed by atoms with Crippen LogP contribution < -0.4 is 31.9 Å². The van der Waals surface area contributed by atoms with Gasteiger partial charge < -0.3 is 47.0 Å². The summed E-state index contributed by atoms with van der Waals surface area (Å²) < 4.78 is 0.